The molecule has 0 saturated carbocycles. The monoisotopic (exact) mass is 385 g/mol. The SMILES string of the molecule is COc1ccccc1-c1ncc(CN2C[C@@H](Cc3cc(C)no3)[C@H](O)C2)s1. The minimum absolute atomic E-state index is 0.166. The van der Waals surface area contributed by atoms with Crippen LogP contribution in [0, 0.1) is 12.8 Å². The molecule has 2 aromatic heterocycles. The largest absolute Gasteiger partial charge is 0.496 e. The number of hydrogen-bond donors (Lipinski definition) is 1. The Morgan fingerprint density at radius 2 is 2.19 bits per heavy atom. The van der Waals surface area contributed by atoms with Gasteiger partial charge in [-0.05, 0) is 19.1 Å². The Morgan fingerprint density at radius 1 is 1.33 bits per heavy atom. The van der Waals surface area contributed by atoms with E-state index in [4.69, 9.17) is 9.26 Å². The molecule has 0 spiro atoms. The van der Waals surface area contributed by atoms with Gasteiger partial charge in [0, 0.05) is 49.1 Å². The van der Waals surface area contributed by atoms with Gasteiger partial charge in [0.05, 0.1) is 24.5 Å². The number of aliphatic hydroxyl groups is 1. The Kier molecular flexibility index (Phi) is 5.24. The zero-order chi connectivity index (χ0) is 18.8. The van der Waals surface area contributed by atoms with Crippen molar-refractivity contribution >= 4 is 11.3 Å². The Bertz CT molecular complexity index is 907. The molecule has 1 N–H and O–H groups in total. The molecular formula is C20H23N3O3S. The molecule has 1 fully saturated rings. The molecule has 0 radical (unpaired) electrons. The van der Waals surface area contributed by atoms with Crippen molar-refractivity contribution in [3.05, 3.63) is 52.9 Å². The number of para-hydroxylation sites is 1. The molecule has 3 aromatic rings. The number of β-amino-alcohol motifs (C(OH)–C–C–N with tert-alkyl or cyclic N) is 1. The molecule has 27 heavy (non-hydrogen) atoms. The summed E-state index contributed by atoms with van der Waals surface area (Å²) in [6.07, 6.45) is 2.29. The van der Waals surface area contributed by atoms with E-state index in [1.54, 1.807) is 18.4 Å². The highest BCUT2D eigenvalue weighted by Crippen LogP contribution is 2.33. The lowest BCUT2D eigenvalue weighted by molar-refractivity contribution is 0.137. The first-order valence-electron chi connectivity index (χ1n) is 9.03. The van der Waals surface area contributed by atoms with E-state index in [0.717, 1.165) is 40.9 Å². The number of benzene rings is 1. The second-order valence-electron chi connectivity index (χ2n) is 6.99. The van der Waals surface area contributed by atoms with Crippen LogP contribution in [0.15, 0.2) is 41.1 Å². The number of aromatic nitrogens is 2. The van der Waals surface area contributed by atoms with E-state index in [0.29, 0.717) is 13.0 Å². The van der Waals surface area contributed by atoms with Crippen molar-refractivity contribution in [1.82, 2.24) is 15.0 Å². The van der Waals surface area contributed by atoms with E-state index in [-0.39, 0.29) is 12.0 Å². The average Bonchev–Trinajstić information content (AvgIpc) is 3.37. The van der Waals surface area contributed by atoms with Crippen LogP contribution < -0.4 is 4.74 Å². The van der Waals surface area contributed by atoms with Gasteiger partial charge in [0.25, 0.3) is 0 Å². The lowest BCUT2D eigenvalue weighted by Crippen LogP contribution is -2.20. The maximum absolute atomic E-state index is 10.4. The fourth-order valence-electron chi connectivity index (χ4n) is 3.59. The fourth-order valence-corrected chi connectivity index (χ4v) is 4.57. The van der Waals surface area contributed by atoms with Crippen molar-refractivity contribution in [3.63, 3.8) is 0 Å². The van der Waals surface area contributed by atoms with Crippen molar-refractivity contribution < 1.29 is 14.4 Å². The molecule has 2 atom stereocenters. The molecule has 0 aliphatic carbocycles. The van der Waals surface area contributed by atoms with Crippen molar-refractivity contribution in [2.45, 2.75) is 26.0 Å². The molecule has 7 heteroatoms. The van der Waals surface area contributed by atoms with Gasteiger partial charge in [0.1, 0.15) is 16.5 Å². The van der Waals surface area contributed by atoms with Crippen molar-refractivity contribution in [2.24, 2.45) is 5.92 Å². The first-order valence-corrected chi connectivity index (χ1v) is 9.84. The van der Waals surface area contributed by atoms with E-state index in [1.165, 1.54) is 4.88 Å². The zero-order valence-corrected chi connectivity index (χ0v) is 16.3. The summed E-state index contributed by atoms with van der Waals surface area (Å²) >= 11 is 1.67. The minimum Gasteiger partial charge on any atom is -0.496 e. The normalized spacial score (nSPS) is 20.3. The van der Waals surface area contributed by atoms with Gasteiger partial charge in [-0.1, -0.05) is 17.3 Å². The Morgan fingerprint density at radius 3 is 2.96 bits per heavy atom. The van der Waals surface area contributed by atoms with Gasteiger partial charge in [0.2, 0.25) is 0 Å². The van der Waals surface area contributed by atoms with E-state index in [9.17, 15) is 5.11 Å². The van der Waals surface area contributed by atoms with Crippen LogP contribution in [0.2, 0.25) is 0 Å². The van der Waals surface area contributed by atoms with Crippen LogP contribution in [0.4, 0.5) is 0 Å². The summed E-state index contributed by atoms with van der Waals surface area (Å²) in [6.45, 7) is 4.20. The summed E-state index contributed by atoms with van der Waals surface area (Å²) in [7, 11) is 1.68. The van der Waals surface area contributed by atoms with Crippen molar-refractivity contribution in [1.29, 1.82) is 0 Å². The van der Waals surface area contributed by atoms with Crippen LogP contribution in [0.25, 0.3) is 10.6 Å². The predicted octanol–water partition coefficient (Wildman–Crippen LogP) is 3.15. The van der Waals surface area contributed by atoms with Gasteiger partial charge in [-0.2, -0.15) is 0 Å². The van der Waals surface area contributed by atoms with E-state index in [2.05, 4.69) is 15.0 Å². The Balaban J connectivity index is 1.41. The van der Waals surface area contributed by atoms with Crippen LogP contribution in [-0.4, -0.2) is 46.5 Å². The van der Waals surface area contributed by atoms with Crippen LogP contribution in [0.3, 0.4) is 0 Å². The standard InChI is InChI=1S/C20H23N3O3S/c1-13-7-15(26-22-13)8-14-10-23(12-18(14)24)11-16-9-21-20(27-16)17-5-3-4-6-19(17)25-2/h3-7,9,14,18,24H,8,10-12H2,1-2H3/t14-,18-/m1/s1. The first-order chi connectivity index (χ1) is 13.1. The molecule has 1 aliphatic heterocycles. The smallest absolute Gasteiger partial charge is 0.137 e. The summed E-state index contributed by atoms with van der Waals surface area (Å²) < 4.78 is 10.7. The third-order valence-corrected chi connectivity index (χ3v) is 5.91. The number of aliphatic hydroxyl groups excluding tert-OH is 1. The highest BCUT2D eigenvalue weighted by molar-refractivity contribution is 7.15. The number of ether oxygens (including phenoxy) is 1. The van der Waals surface area contributed by atoms with Crippen LogP contribution >= 0.6 is 11.3 Å². The molecule has 1 aliphatic rings. The number of hydrogen-bond acceptors (Lipinski definition) is 7. The molecule has 6 nitrogen and oxygen atoms in total. The van der Waals surface area contributed by atoms with E-state index >= 15 is 0 Å². The molecule has 0 unspecified atom stereocenters. The predicted molar refractivity (Wildman–Crippen MR) is 104 cm³/mol. The number of aryl methyl sites for hydroxylation is 1. The van der Waals surface area contributed by atoms with Gasteiger partial charge < -0.3 is 14.4 Å². The van der Waals surface area contributed by atoms with Crippen LogP contribution in [0.1, 0.15) is 16.3 Å². The highest BCUT2D eigenvalue weighted by atomic mass is 32.1. The molecule has 4 rings (SSSR count). The molecule has 3 heterocycles. The quantitative estimate of drug-likeness (QED) is 0.703. The maximum Gasteiger partial charge on any atom is 0.137 e. The van der Waals surface area contributed by atoms with E-state index < -0.39 is 0 Å². The Hall–Kier alpha value is -2.22. The molecule has 0 amide bonds. The molecule has 1 saturated heterocycles. The lowest BCUT2D eigenvalue weighted by Gasteiger charge is -2.13. The number of thiazole rings is 1. The molecule has 0 bridgehead atoms. The molecular weight excluding hydrogens is 362 g/mol. The lowest BCUT2D eigenvalue weighted by atomic mass is 10.0. The van der Waals surface area contributed by atoms with Gasteiger partial charge in [-0.3, -0.25) is 4.90 Å². The third kappa shape index (κ3) is 4.05. The zero-order valence-electron chi connectivity index (χ0n) is 15.5. The molecule has 1 aromatic carbocycles. The molecule has 142 valence electrons. The van der Waals surface area contributed by atoms with Gasteiger partial charge in [-0.15, -0.1) is 11.3 Å². The number of rotatable bonds is 6. The summed E-state index contributed by atoms with van der Waals surface area (Å²) in [4.78, 5) is 8.03. The maximum atomic E-state index is 10.4. The van der Waals surface area contributed by atoms with Crippen LogP contribution in [-0.2, 0) is 13.0 Å². The number of likely N-dealkylation sites (tertiary alicyclic amines) is 1. The average molecular weight is 385 g/mol. The number of methoxy groups -OCH3 is 1. The van der Waals surface area contributed by atoms with Crippen molar-refractivity contribution in [2.75, 3.05) is 20.2 Å². The second kappa shape index (κ2) is 7.80. The van der Waals surface area contributed by atoms with Gasteiger partial charge in [-0.25, -0.2) is 4.98 Å². The van der Waals surface area contributed by atoms with Crippen molar-refractivity contribution in [3.8, 4) is 16.3 Å². The van der Waals surface area contributed by atoms with E-state index in [1.807, 2.05) is 43.5 Å². The minimum atomic E-state index is -0.350. The Labute approximate surface area is 162 Å². The third-order valence-electron chi connectivity index (χ3n) is 4.89. The van der Waals surface area contributed by atoms with Gasteiger partial charge >= 0.3 is 0 Å². The van der Waals surface area contributed by atoms with Crippen LogP contribution in [0.5, 0.6) is 5.75 Å². The summed E-state index contributed by atoms with van der Waals surface area (Å²) in [6, 6.07) is 9.86. The second-order valence-corrected chi connectivity index (χ2v) is 8.11. The van der Waals surface area contributed by atoms with Gasteiger partial charge in [0.15, 0.2) is 0 Å². The fraction of sp³-hybridized carbons (Fsp3) is 0.400. The highest BCUT2D eigenvalue weighted by Gasteiger charge is 2.32. The summed E-state index contributed by atoms with van der Waals surface area (Å²) in [5.41, 5.74) is 1.89. The summed E-state index contributed by atoms with van der Waals surface area (Å²) in [5.74, 6) is 1.84. The topological polar surface area (TPSA) is 71.6 Å². The first kappa shape index (κ1) is 18.2. The summed E-state index contributed by atoms with van der Waals surface area (Å²) in [5, 5.41) is 15.3. The number of nitrogens with zero attached hydrogens (tertiary/aromatic N) is 3.